The van der Waals surface area contributed by atoms with Crippen LogP contribution in [0.2, 0.25) is 0 Å². The van der Waals surface area contributed by atoms with Gasteiger partial charge in [-0.3, -0.25) is 4.79 Å². The molecule has 0 fully saturated rings. The zero-order chi connectivity index (χ0) is 20.4. The van der Waals surface area contributed by atoms with Gasteiger partial charge < -0.3 is 10.2 Å². The third kappa shape index (κ3) is 4.36. The SMILES string of the molecule is O=C(O)c1cc2c(cc1C[C@@H](Cc1ccc3c(c1)CCCC3)C(=O)O)CCCC2. The largest absolute Gasteiger partial charge is 0.481 e. The number of carbonyl (C=O) groups is 2. The average molecular weight is 392 g/mol. The van der Waals surface area contributed by atoms with Crippen LogP contribution in [0.3, 0.4) is 0 Å². The zero-order valence-corrected chi connectivity index (χ0v) is 16.7. The maximum absolute atomic E-state index is 12.0. The van der Waals surface area contributed by atoms with Gasteiger partial charge in [0.05, 0.1) is 11.5 Å². The first-order chi connectivity index (χ1) is 14.0. The molecule has 0 spiro atoms. The number of fused-ring (bicyclic) bond motifs is 2. The van der Waals surface area contributed by atoms with Crippen molar-refractivity contribution < 1.29 is 19.8 Å². The first-order valence-corrected chi connectivity index (χ1v) is 10.7. The minimum absolute atomic E-state index is 0.251. The summed E-state index contributed by atoms with van der Waals surface area (Å²) in [5.41, 5.74) is 6.99. The molecule has 0 aliphatic heterocycles. The van der Waals surface area contributed by atoms with E-state index in [4.69, 9.17) is 0 Å². The Morgan fingerprint density at radius 2 is 1.34 bits per heavy atom. The van der Waals surface area contributed by atoms with Crippen LogP contribution in [0.5, 0.6) is 0 Å². The number of hydrogen-bond donors (Lipinski definition) is 2. The summed E-state index contributed by atoms with van der Waals surface area (Å²) in [5.74, 6) is -2.46. The first kappa shape index (κ1) is 19.7. The lowest BCUT2D eigenvalue weighted by atomic mass is 9.83. The van der Waals surface area contributed by atoms with Crippen molar-refractivity contribution in [2.75, 3.05) is 0 Å². The topological polar surface area (TPSA) is 74.6 Å². The third-order valence-corrected chi connectivity index (χ3v) is 6.51. The highest BCUT2D eigenvalue weighted by Gasteiger charge is 2.24. The van der Waals surface area contributed by atoms with Gasteiger partial charge in [-0.05, 0) is 104 Å². The van der Waals surface area contributed by atoms with Gasteiger partial charge >= 0.3 is 11.9 Å². The van der Waals surface area contributed by atoms with Gasteiger partial charge in [0.2, 0.25) is 0 Å². The van der Waals surface area contributed by atoms with Gasteiger partial charge in [0.15, 0.2) is 0 Å². The van der Waals surface area contributed by atoms with Gasteiger partial charge in [0.1, 0.15) is 0 Å². The van der Waals surface area contributed by atoms with E-state index in [1.54, 1.807) is 6.07 Å². The van der Waals surface area contributed by atoms with Crippen molar-refractivity contribution in [1.29, 1.82) is 0 Å². The Labute approximate surface area is 171 Å². The molecule has 4 nitrogen and oxygen atoms in total. The van der Waals surface area contributed by atoms with Crippen molar-refractivity contribution in [1.82, 2.24) is 0 Å². The molecule has 152 valence electrons. The molecule has 2 aliphatic carbocycles. The number of carboxylic acids is 2. The molecule has 2 aromatic rings. The van der Waals surface area contributed by atoms with E-state index in [9.17, 15) is 19.8 Å². The quantitative estimate of drug-likeness (QED) is 0.752. The molecule has 0 bridgehead atoms. The monoisotopic (exact) mass is 392 g/mol. The van der Waals surface area contributed by atoms with E-state index in [0.717, 1.165) is 49.7 Å². The summed E-state index contributed by atoms with van der Waals surface area (Å²) in [6.07, 6.45) is 9.32. The maximum atomic E-state index is 12.0. The molecule has 2 aliphatic rings. The molecule has 2 N–H and O–H groups in total. The Hall–Kier alpha value is -2.62. The minimum Gasteiger partial charge on any atom is -0.481 e. The Kier molecular flexibility index (Phi) is 5.70. The molecule has 0 saturated heterocycles. The fourth-order valence-electron chi connectivity index (χ4n) is 4.92. The number of rotatable bonds is 6. The number of aromatic carboxylic acids is 1. The number of aliphatic carboxylic acids is 1. The lowest BCUT2D eigenvalue weighted by molar-refractivity contribution is -0.141. The second kappa shape index (κ2) is 8.40. The van der Waals surface area contributed by atoms with Gasteiger partial charge in [-0.15, -0.1) is 0 Å². The van der Waals surface area contributed by atoms with Crippen LogP contribution < -0.4 is 0 Å². The molecule has 1 atom stereocenters. The Morgan fingerprint density at radius 1 is 0.759 bits per heavy atom. The van der Waals surface area contributed by atoms with Crippen molar-refractivity contribution in [2.24, 2.45) is 5.92 Å². The molecule has 29 heavy (non-hydrogen) atoms. The van der Waals surface area contributed by atoms with Crippen molar-refractivity contribution in [2.45, 2.75) is 64.2 Å². The molecule has 4 heteroatoms. The Morgan fingerprint density at radius 3 is 1.97 bits per heavy atom. The lowest BCUT2D eigenvalue weighted by Crippen LogP contribution is -2.21. The molecule has 0 radical (unpaired) electrons. The smallest absolute Gasteiger partial charge is 0.335 e. The maximum Gasteiger partial charge on any atom is 0.335 e. The Balaban J connectivity index is 1.60. The summed E-state index contributed by atoms with van der Waals surface area (Å²) in [6.45, 7) is 0. The number of benzene rings is 2. The second-order valence-corrected chi connectivity index (χ2v) is 8.54. The van der Waals surface area contributed by atoms with Gasteiger partial charge in [-0.25, -0.2) is 4.79 Å². The van der Waals surface area contributed by atoms with Crippen molar-refractivity contribution in [3.63, 3.8) is 0 Å². The van der Waals surface area contributed by atoms with Crippen LogP contribution in [0, 0.1) is 5.92 Å². The molecule has 0 amide bonds. The van der Waals surface area contributed by atoms with Gasteiger partial charge in [-0.2, -0.15) is 0 Å². The van der Waals surface area contributed by atoms with Crippen LogP contribution in [0.15, 0.2) is 30.3 Å². The number of carboxylic acid groups (broad SMARTS) is 2. The summed E-state index contributed by atoms with van der Waals surface area (Å²) >= 11 is 0. The molecule has 0 aromatic heterocycles. The van der Waals surface area contributed by atoms with E-state index in [1.807, 2.05) is 12.1 Å². The van der Waals surface area contributed by atoms with Crippen LogP contribution in [0.1, 0.15) is 69.4 Å². The molecule has 0 saturated carbocycles. The number of hydrogen-bond acceptors (Lipinski definition) is 2. The standard InChI is InChI=1S/C25H28O4/c26-24(27)22(12-16-9-10-17-5-1-2-6-18(17)11-16)14-21-13-19-7-3-4-8-20(19)15-23(21)25(28)29/h9-11,13,15,22H,1-8,12,14H2,(H,26,27)(H,28,29)/t22-/m1/s1. The van der Waals surface area contributed by atoms with Crippen LogP contribution in [-0.2, 0) is 43.3 Å². The van der Waals surface area contributed by atoms with E-state index >= 15 is 0 Å². The van der Waals surface area contributed by atoms with E-state index in [2.05, 4.69) is 12.1 Å². The van der Waals surface area contributed by atoms with Crippen molar-refractivity contribution >= 4 is 11.9 Å². The molecule has 0 heterocycles. The summed E-state index contributed by atoms with van der Waals surface area (Å²) in [7, 11) is 0. The van der Waals surface area contributed by atoms with Crippen LogP contribution >= 0.6 is 0 Å². The summed E-state index contributed by atoms with van der Waals surface area (Å²) in [4.78, 5) is 23.8. The highest BCUT2D eigenvalue weighted by Crippen LogP contribution is 2.28. The lowest BCUT2D eigenvalue weighted by Gasteiger charge is -2.21. The highest BCUT2D eigenvalue weighted by molar-refractivity contribution is 5.90. The second-order valence-electron chi connectivity index (χ2n) is 8.54. The van der Waals surface area contributed by atoms with Gasteiger partial charge in [0, 0.05) is 0 Å². The summed E-state index contributed by atoms with van der Waals surface area (Å²) < 4.78 is 0. The van der Waals surface area contributed by atoms with Gasteiger partial charge in [0.25, 0.3) is 0 Å². The predicted octanol–water partition coefficient (Wildman–Crippen LogP) is 4.63. The molecular formula is C25H28O4. The van der Waals surface area contributed by atoms with E-state index in [1.165, 1.54) is 29.5 Å². The fraction of sp³-hybridized carbons (Fsp3) is 0.440. The van der Waals surface area contributed by atoms with Crippen LogP contribution in [0.25, 0.3) is 0 Å². The molecular weight excluding hydrogens is 364 g/mol. The zero-order valence-electron chi connectivity index (χ0n) is 16.7. The third-order valence-electron chi connectivity index (χ3n) is 6.51. The first-order valence-electron chi connectivity index (χ1n) is 10.7. The van der Waals surface area contributed by atoms with Gasteiger partial charge in [-0.1, -0.05) is 24.3 Å². The van der Waals surface area contributed by atoms with Crippen LogP contribution in [-0.4, -0.2) is 22.2 Å². The van der Waals surface area contributed by atoms with Crippen LogP contribution in [0.4, 0.5) is 0 Å². The average Bonchev–Trinajstić information content (AvgIpc) is 2.72. The molecule has 2 aromatic carbocycles. The summed E-state index contributed by atoms with van der Waals surface area (Å²) in [6, 6.07) is 10.1. The normalized spacial score (nSPS) is 16.6. The van der Waals surface area contributed by atoms with Crippen molar-refractivity contribution in [3.05, 3.63) is 69.3 Å². The molecule has 4 rings (SSSR count). The Bertz CT molecular complexity index is 944. The highest BCUT2D eigenvalue weighted by atomic mass is 16.4. The van der Waals surface area contributed by atoms with E-state index in [0.29, 0.717) is 12.0 Å². The minimum atomic E-state index is -0.966. The van der Waals surface area contributed by atoms with E-state index < -0.39 is 17.9 Å². The van der Waals surface area contributed by atoms with E-state index in [-0.39, 0.29) is 12.0 Å². The number of aryl methyl sites for hydroxylation is 4. The molecule has 0 unspecified atom stereocenters. The van der Waals surface area contributed by atoms with Crippen molar-refractivity contribution in [3.8, 4) is 0 Å². The summed E-state index contributed by atoms with van der Waals surface area (Å²) in [5, 5.41) is 19.5. The fourth-order valence-corrected chi connectivity index (χ4v) is 4.92. The predicted molar refractivity (Wildman–Crippen MR) is 112 cm³/mol.